The van der Waals surface area contributed by atoms with Gasteiger partial charge in [-0.15, -0.1) is 0 Å². The second-order valence-corrected chi connectivity index (χ2v) is 6.72. The average molecular weight is 274 g/mol. The molecule has 17 heavy (non-hydrogen) atoms. The van der Waals surface area contributed by atoms with Gasteiger partial charge < -0.3 is 5.73 Å². The summed E-state index contributed by atoms with van der Waals surface area (Å²) in [5.41, 5.74) is 6.17. The van der Waals surface area contributed by atoms with Gasteiger partial charge in [0, 0.05) is 18.3 Å². The third-order valence-corrected chi connectivity index (χ3v) is 4.94. The summed E-state index contributed by atoms with van der Waals surface area (Å²) in [4.78, 5) is 0.274. The highest BCUT2D eigenvalue weighted by Gasteiger charge is 2.17. The Hall–Kier alpha value is -0.560. The molecule has 1 unspecified atom stereocenters. The van der Waals surface area contributed by atoms with E-state index in [1.807, 2.05) is 13.2 Å². The summed E-state index contributed by atoms with van der Waals surface area (Å²) in [6.45, 7) is 2.61. The molecule has 0 bridgehead atoms. The van der Waals surface area contributed by atoms with Crippen molar-refractivity contribution in [2.45, 2.75) is 23.6 Å². The zero-order valence-electron chi connectivity index (χ0n) is 10.0. The van der Waals surface area contributed by atoms with Gasteiger partial charge in [-0.1, -0.05) is 25.1 Å². The molecule has 1 atom stereocenters. The van der Waals surface area contributed by atoms with Gasteiger partial charge in [-0.05, 0) is 17.9 Å². The van der Waals surface area contributed by atoms with E-state index >= 15 is 0 Å². The molecule has 0 amide bonds. The maximum atomic E-state index is 12.1. The van der Waals surface area contributed by atoms with Crippen molar-refractivity contribution in [3.63, 3.8) is 0 Å². The summed E-state index contributed by atoms with van der Waals surface area (Å²) >= 11 is 1.62. The predicted octanol–water partition coefficient (Wildman–Crippen LogP) is 1.18. The second-order valence-electron chi connectivity index (χ2n) is 3.71. The number of nitrogens with one attached hydrogen (secondary N) is 1. The molecular weight excluding hydrogens is 256 g/mol. The van der Waals surface area contributed by atoms with Gasteiger partial charge in [0.1, 0.15) is 0 Å². The summed E-state index contributed by atoms with van der Waals surface area (Å²) in [5, 5.41) is 0.245. The molecular formula is C11H18N2O2S2. The van der Waals surface area contributed by atoms with Gasteiger partial charge in [0.25, 0.3) is 0 Å². The largest absolute Gasteiger partial charge is 0.326 e. The van der Waals surface area contributed by atoms with Crippen LogP contribution in [0.1, 0.15) is 12.5 Å². The maximum Gasteiger partial charge on any atom is 0.240 e. The van der Waals surface area contributed by atoms with Crippen LogP contribution in [0.2, 0.25) is 0 Å². The molecule has 1 aromatic carbocycles. The lowest BCUT2D eigenvalue weighted by molar-refractivity contribution is 0.580. The minimum absolute atomic E-state index is 0.217. The van der Waals surface area contributed by atoms with Crippen molar-refractivity contribution in [2.75, 3.05) is 12.8 Å². The molecule has 1 aromatic rings. The number of nitrogens with two attached hydrogens (primary N) is 1. The zero-order valence-corrected chi connectivity index (χ0v) is 11.6. The first-order valence-corrected chi connectivity index (χ1v) is 8.08. The highest BCUT2D eigenvalue weighted by molar-refractivity contribution is 7.99. The molecule has 0 aliphatic rings. The molecule has 0 radical (unpaired) electrons. The standard InChI is InChI=1S/C11H18N2O2S2/c1-9(16-2)8-13-17(14,15)11-6-4-3-5-10(11)7-12/h3-6,9,13H,7-8,12H2,1-2H3. The lowest BCUT2D eigenvalue weighted by atomic mass is 10.2. The lowest BCUT2D eigenvalue weighted by Crippen LogP contribution is -2.30. The van der Waals surface area contributed by atoms with Crippen LogP contribution in [0.5, 0.6) is 0 Å². The smallest absolute Gasteiger partial charge is 0.240 e. The molecule has 0 aliphatic carbocycles. The van der Waals surface area contributed by atoms with Crippen molar-refractivity contribution in [1.29, 1.82) is 0 Å². The van der Waals surface area contributed by atoms with Crippen molar-refractivity contribution in [3.05, 3.63) is 29.8 Å². The first kappa shape index (κ1) is 14.5. The van der Waals surface area contributed by atoms with E-state index in [1.54, 1.807) is 36.0 Å². The van der Waals surface area contributed by atoms with Gasteiger partial charge in [0.15, 0.2) is 0 Å². The maximum absolute atomic E-state index is 12.1. The van der Waals surface area contributed by atoms with Crippen LogP contribution in [0.15, 0.2) is 29.2 Å². The molecule has 3 N–H and O–H groups in total. The van der Waals surface area contributed by atoms with Crippen molar-refractivity contribution in [2.24, 2.45) is 5.73 Å². The first-order chi connectivity index (χ1) is 8.01. The molecule has 96 valence electrons. The third-order valence-electron chi connectivity index (χ3n) is 2.45. The van der Waals surface area contributed by atoms with Gasteiger partial charge in [-0.3, -0.25) is 0 Å². The average Bonchev–Trinajstić information content (AvgIpc) is 2.35. The van der Waals surface area contributed by atoms with E-state index in [-0.39, 0.29) is 16.7 Å². The molecule has 0 aromatic heterocycles. The van der Waals surface area contributed by atoms with E-state index in [1.165, 1.54) is 0 Å². The van der Waals surface area contributed by atoms with Crippen LogP contribution in [0, 0.1) is 0 Å². The molecule has 0 spiro atoms. The van der Waals surface area contributed by atoms with Gasteiger partial charge in [-0.2, -0.15) is 11.8 Å². The Labute approximate surface area is 107 Å². The lowest BCUT2D eigenvalue weighted by Gasteiger charge is -2.12. The van der Waals surface area contributed by atoms with Gasteiger partial charge in [0.05, 0.1) is 4.90 Å². The number of sulfonamides is 1. The van der Waals surface area contributed by atoms with E-state index in [0.29, 0.717) is 12.1 Å². The number of thioether (sulfide) groups is 1. The number of hydrogen-bond donors (Lipinski definition) is 2. The van der Waals surface area contributed by atoms with Crippen LogP contribution in [-0.2, 0) is 16.6 Å². The molecule has 0 fully saturated rings. The monoisotopic (exact) mass is 274 g/mol. The van der Waals surface area contributed by atoms with E-state index in [2.05, 4.69) is 4.72 Å². The quantitative estimate of drug-likeness (QED) is 0.817. The van der Waals surface area contributed by atoms with E-state index in [4.69, 9.17) is 5.73 Å². The van der Waals surface area contributed by atoms with Crippen molar-refractivity contribution < 1.29 is 8.42 Å². The minimum atomic E-state index is -3.45. The van der Waals surface area contributed by atoms with Gasteiger partial charge in [0.2, 0.25) is 10.0 Å². The Bertz CT molecular complexity index is 460. The second kappa shape index (κ2) is 6.39. The number of hydrogen-bond acceptors (Lipinski definition) is 4. The van der Waals surface area contributed by atoms with E-state index < -0.39 is 10.0 Å². The summed E-state index contributed by atoms with van der Waals surface area (Å²) in [6.07, 6.45) is 1.95. The highest BCUT2D eigenvalue weighted by Crippen LogP contribution is 2.15. The van der Waals surface area contributed by atoms with Crippen molar-refractivity contribution in [1.82, 2.24) is 4.72 Å². The fourth-order valence-corrected chi connectivity index (χ4v) is 3.06. The van der Waals surface area contributed by atoms with E-state index in [9.17, 15) is 8.42 Å². The predicted molar refractivity (Wildman–Crippen MR) is 72.5 cm³/mol. The van der Waals surface area contributed by atoms with Crippen LogP contribution in [-0.4, -0.2) is 26.5 Å². The minimum Gasteiger partial charge on any atom is -0.326 e. The van der Waals surface area contributed by atoms with Gasteiger partial charge in [-0.25, -0.2) is 13.1 Å². The fourth-order valence-electron chi connectivity index (χ4n) is 1.32. The Kier molecular flexibility index (Phi) is 5.45. The zero-order chi connectivity index (χ0) is 12.9. The Morgan fingerprint density at radius 2 is 2.06 bits per heavy atom. The van der Waals surface area contributed by atoms with Crippen LogP contribution in [0.4, 0.5) is 0 Å². The topological polar surface area (TPSA) is 72.2 Å². The number of benzene rings is 1. The van der Waals surface area contributed by atoms with Crippen molar-refractivity contribution >= 4 is 21.8 Å². The third kappa shape index (κ3) is 3.99. The van der Waals surface area contributed by atoms with Crippen LogP contribution >= 0.6 is 11.8 Å². The normalized spacial score (nSPS) is 13.6. The molecule has 0 saturated heterocycles. The van der Waals surface area contributed by atoms with Crippen molar-refractivity contribution in [3.8, 4) is 0 Å². The Morgan fingerprint density at radius 1 is 1.41 bits per heavy atom. The molecule has 4 nitrogen and oxygen atoms in total. The Morgan fingerprint density at radius 3 is 2.65 bits per heavy atom. The SMILES string of the molecule is CSC(C)CNS(=O)(=O)c1ccccc1CN. The fraction of sp³-hybridized carbons (Fsp3) is 0.455. The van der Waals surface area contributed by atoms with E-state index in [0.717, 1.165) is 0 Å². The van der Waals surface area contributed by atoms with Crippen LogP contribution in [0.25, 0.3) is 0 Å². The molecule has 0 aliphatic heterocycles. The van der Waals surface area contributed by atoms with Crippen LogP contribution in [0.3, 0.4) is 0 Å². The molecule has 1 rings (SSSR count). The summed E-state index contributed by atoms with van der Waals surface area (Å²) < 4.78 is 26.7. The first-order valence-electron chi connectivity index (χ1n) is 5.31. The summed E-state index contributed by atoms with van der Waals surface area (Å²) in [6, 6.07) is 6.79. The Balaban J connectivity index is 2.89. The number of rotatable bonds is 6. The summed E-state index contributed by atoms with van der Waals surface area (Å²) in [5.74, 6) is 0. The highest BCUT2D eigenvalue weighted by atomic mass is 32.2. The van der Waals surface area contributed by atoms with Crippen LogP contribution < -0.4 is 10.5 Å². The molecule has 0 heterocycles. The van der Waals surface area contributed by atoms with Gasteiger partial charge >= 0.3 is 0 Å². The molecule has 6 heteroatoms. The summed E-state index contributed by atoms with van der Waals surface area (Å²) in [7, 11) is -3.45. The molecule has 0 saturated carbocycles.